The summed E-state index contributed by atoms with van der Waals surface area (Å²) in [5.74, 6) is 0. The van der Waals surface area contributed by atoms with Crippen LogP contribution < -0.4 is 11.1 Å². The summed E-state index contributed by atoms with van der Waals surface area (Å²) < 4.78 is 1.97. The number of nitrogens with one attached hydrogen (secondary N) is 1. The molecule has 2 aromatic carbocycles. The van der Waals surface area contributed by atoms with Crippen LogP contribution in [0.5, 0.6) is 0 Å². The number of hydrogen-bond donors (Lipinski definition) is 2. The van der Waals surface area contributed by atoms with Gasteiger partial charge in [0, 0.05) is 26.2 Å². The normalized spacial score (nSPS) is 10.7. The fraction of sp³-hybridized carbons (Fsp3) is 0. The SMILES string of the molecule is Nc1ccc(Nc2c(Br)cccc2Br)c2cccnc12. The molecule has 100 valence electrons. The minimum absolute atomic E-state index is 0.678. The van der Waals surface area contributed by atoms with Gasteiger partial charge < -0.3 is 11.1 Å². The predicted octanol–water partition coefficient (Wildman–Crippen LogP) is 5.09. The van der Waals surface area contributed by atoms with Crippen molar-refractivity contribution < 1.29 is 0 Å². The Morgan fingerprint density at radius 2 is 1.70 bits per heavy atom. The standard InChI is InChI=1S/C15H11Br2N3/c16-10-4-1-5-11(17)15(10)20-13-7-6-12(18)14-9(13)3-2-8-19-14/h1-8,20H,18H2. The van der Waals surface area contributed by atoms with Crippen molar-refractivity contribution in [1.82, 2.24) is 4.98 Å². The first-order chi connectivity index (χ1) is 9.66. The lowest BCUT2D eigenvalue weighted by atomic mass is 10.1. The number of nitrogen functional groups attached to an aromatic ring is 1. The molecule has 1 aromatic heterocycles. The molecular formula is C15H11Br2N3. The Balaban J connectivity index is 2.14. The number of anilines is 3. The van der Waals surface area contributed by atoms with Crippen LogP contribution in [0, 0.1) is 0 Å². The maximum absolute atomic E-state index is 5.97. The topological polar surface area (TPSA) is 50.9 Å². The van der Waals surface area contributed by atoms with Gasteiger partial charge in [0.1, 0.15) is 0 Å². The average Bonchev–Trinajstić information content (AvgIpc) is 2.46. The van der Waals surface area contributed by atoms with Gasteiger partial charge in [0.25, 0.3) is 0 Å². The van der Waals surface area contributed by atoms with E-state index in [1.165, 1.54) is 0 Å². The number of aromatic nitrogens is 1. The third-order valence-electron chi connectivity index (χ3n) is 3.02. The molecule has 5 heteroatoms. The summed E-state index contributed by atoms with van der Waals surface area (Å²) in [6.07, 6.45) is 1.75. The first-order valence-electron chi connectivity index (χ1n) is 6.01. The lowest BCUT2D eigenvalue weighted by Crippen LogP contribution is -1.96. The van der Waals surface area contributed by atoms with Crippen LogP contribution >= 0.6 is 31.9 Å². The molecule has 0 spiro atoms. The molecule has 0 radical (unpaired) electrons. The van der Waals surface area contributed by atoms with E-state index in [1.54, 1.807) is 6.20 Å². The van der Waals surface area contributed by atoms with E-state index in [9.17, 15) is 0 Å². The number of nitrogens with zero attached hydrogens (tertiary/aromatic N) is 1. The first kappa shape index (κ1) is 13.4. The summed E-state index contributed by atoms with van der Waals surface area (Å²) in [6.45, 7) is 0. The van der Waals surface area contributed by atoms with Crippen LogP contribution in [-0.4, -0.2) is 4.98 Å². The van der Waals surface area contributed by atoms with Crippen molar-refractivity contribution in [3.8, 4) is 0 Å². The highest BCUT2D eigenvalue weighted by Gasteiger charge is 2.09. The van der Waals surface area contributed by atoms with Crippen LogP contribution in [-0.2, 0) is 0 Å². The molecule has 0 saturated heterocycles. The predicted molar refractivity (Wildman–Crippen MR) is 91.3 cm³/mol. The molecule has 0 fully saturated rings. The van der Waals surface area contributed by atoms with Crippen LogP contribution in [0.4, 0.5) is 17.1 Å². The zero-order chi connectivity index (χ0) is 14.1. The van der Waals surface area contributed by atoms with Crippen molar-refractivity contribution in [1.29, 1.82) is 0 Å². The second-order valence-corrected chi connectivity index (χ2v) is 6.03. The summed E-state index contributed by atoms with van der Waals surface area (Å²) in [5.41, 5.74) is 9.40. The summed E-state index contributed by atoms with van der Waals surface area (Å²) in [5, 5.41) is 4.42. The van der Waals surface area contributed by atoms with E-state index in [4.69, 9.17) is 5.73 Å². The van der Waals surface area contributed by atoms with Gasteiger partial charge in [-0.05, 0) is 68.3 Å². The third-order valence-corrected chi connectivity index (χ3v) is 4.34. The molecule has 20 heavy (non-hydrogen) atoms. The number of pyridine rings is 1. The lowest BCUT2D eigenvalue weighted by Gasteiger charge is -2.13. The highest BCUT2D eigenvalue weighted by atomic mass is 79.9. The van der Waals surface area contributed by atoms with Crippen molar-refractivity contribution in [2.24, 2.45) is 0 Å². The minimum Gasteiger partial charge on any atom is -0.397 e. The molecule has 0 amide bonds. The molecule has 0 unspecified atom stereocenters. The number of fused-ring (bicyclic) bond motifs is 1. The van der Waals surface area contributed by atoms with Crippen LogP contribution in [0.25, 0.3) is 10.9 Å². The summed E-state index contributed by atoms with van der Waals surface area (Å²) in [7, 11) is 0. The number of benzene rings is 2. The van der Waals surface area contributed by atoms with Crippen molar-refractivity contribution >= 4 is 59.8 Å². The van der Waals surface area contributed by atoms with Gasteiger partial charge in [-0.1, -0.05) is 6.07 Å². The highest BCUT2D eigenvalue weighted by Crippen LogP contribution is 2.36. The second-order valence-electron chi connectivity index (χ2n) is 4.32. The molecule has 3 nitrogen and oxygen atoms in total. The van der Waals surface area contributed by atoms with Gasteiger partial charge in [0.15, 0.2) is 0 Å². The molecular weight excluding hydrogens is 382 g/mol. The Kier molecular flexibility index (Phi) is 3.63. The average molecular weight is 393 g/mol. The molecule has 0 saturated carbocycles. The molecule has 1 heterocycles. The van der Waals surface area contributed by atoms with Gasteiger partial charge in [-0.15, -0.1) is 0 Å². The molecule has 0 atom stereocenters. The number of hydrogen-bond acceptors (Lipinski definition) is 3. The third kappa shape index (κ3) is 2.39. The van der Waals surface area contributed by atoms with Crippen LogP contribution in [0.3, 0.4) is 0 Å². The zero-order valence-corrected chi connectivity index (χ0v) is 13.6. The van der Waals surface area contributed by atoms with Crippen LogP contribution in [0.2, 0.25) is 0 Å². The van der Waals surface area contributed by atoms with Crippen LogP contribution in [0.1, 0.15) is 0 Å². The summed E-state index contributed by atoms with van der Waals surface area (Å²) >= 11 is 7.10. The molecule has 3 rings (SSSR count). The maximum atomic E-state index is 5.97. The summed E-state index contributed by atoms with van der Waals surface area (Å²) in [6, 6.07) is 13.7. The number of nitrogens with two attached hydrogens (primary N) is 1. The maximum Gasteiger partial charge on any atom is 0.0951 e. The Hall–Kier alpha value is -1.59. The van der Waals surface area contributed by atoms with Crippen LogP contribution in [0.15, 0.2) is 57.6 Å². The first-order valence-corrected chi connectivity index (χ1v) is 7.59. The van der Waals surface area contributed by atoms with Gasteiger partial charge in [-0.25, -0.2) is 0 Å². The van der Waals surface area contributed by atoms with E-state index in [1.807, 2.05) is 42.5 Å². The number of para-hydroxylation sites is 1. The fourth-order valence-corrected chi connectivity index (χ4v) is 3.25. The van der Waals surface area contributed by atoms with Gasteiger partial charge in [-0.2, -0.15) is 0 Å². The smallest absolute Gasteiger partial charge is 0.0951 e. The van der Waals surface area contributed by atoms with E-state index >= 15 is 0 Å². The van der Waals surface area contributed by atoms with E-state index in [2.05, 4.69) is 42.2 Å². The number of halogens is 2. The van der Waals surface area contributed by atoms with E-state index in [0.29, 0.717) is 5.69 Å². The quantitative estimate of drug-likeness (QED) is 0.597. The molecule has 0 bridgehead atoms. The zero-order valence-electron chi connectivity index (χ0n) is 10.4. The van der Waals surface area contributed by atoms with Crippen molar-refractivity contribution in [2.75, 3.05) is 11.1 Å². The van der Waals surface area contributed by atoms with E-state index in [-0.39, 0.29) is 0 Å². The molecule has 0 aliphatic rings. The Morgan fingerprint density at radius 3 is 2.45 bits per heavy atom. The Morgan fingerprint density at radius 1 is 0.950 bits per heavy atom. The van der Waals surface area contributed by atoms with Gasteiger partial charge in [0.2, 0.25) is 0 Å². The highest BCUT2D eigenvalue weighted by molar-refractivity contribution is 9.11. The van der Waals surface area contributed by atoms with Gasteiger partial charge >= 0.3 is 0 Å². The lowest BCUT2D eigenvalue weighted by molar-refractivity contribution is 1.41. The van der Waals surface area contributed by atoms with E-state index < -0.39 is 0 Å². The van der Waals surface area contributed by atoms with Crippen molar-refractivity contribution in [3.63, 3.8) is 0 Å². The summed E-state index contributed by atoms with van der Waals surface area (Å²) in [4.78, 5) is 4.34. The molecule has 0 aliphatic carbocycles. The van der Waals surface area contributed by atoms with E-state index in [0.717, 1.165) is 31.2 Å². The molecule has 3 N–H and O–H groups in total. The minimum atomic E-state index is 0.678. The van der Waals surface area contributed by atoms with Gasteiger partial charge in [-0.3, -0.25) is 4.98 Å². The Bertz CT molecular complexity index is 767. The Labute approximate surface area is 133 Å². The van der Waals surface area contributed by atoms with Crippen molar-refractivity contribution in [2.45, 2.75) is 0 Å². The fourth-order valence-electron chi connectivity index (χ4n) is 2.06. The van der Waals surface area contributed by atoms with Crippen molar-refractivity contribution in [3.05, 3.63) is 57.6 Å². The van der Waals surface area contributed by atoms with Gasteiger partial charge in [0.05, 0.1) is 16.9 Å². The molecule has 0 aliphatic heterocycles. The second kappa shape index (κ2) is 5.42. The molecule has 3 aromatic rings. The largest absolute Gasteiger partial charge is 0.397 e. The number of rotatable bonds is 2. The monoisotopic (exact) mass is 391 g/mol.